The Morgan fingerprint density at radius 2 is 1.88 bits per heavy atom. The smallest absolute Gasteiger partial charge is 0.264 e. The topological polar surface area (TPSA) is 96.0 Å². The molecular formula is C15H23N3O5S. The van der Waals surface area contributed by atoms with Crippen LogP contribution in [0, 0.1) is 0 Å². The maximum atomic E-state index is 12.4. The first-order valence-corrected chi connectivity index (χ1v) is 8.71. The average molecular weight is 357 g/mol. The third-order valence-electron chi connectivity index (χ3n) is 3.15. The van der Waals surface area contributed by atoms with Crippen LogP contribution in [0.25, 0.3) is 0 Å². The third kappa shape index (κ3) is 5.02. The number of hydroxylamine groups is 1. The molecule has 1 aromatic rings. The van der Waals surface area contributed by atoms with Gasteiger partial charge in [-0.2, -0.15) is 0 Å². The Kier molecular flexibility index (Phi) is 6.88. The van der Waals surface area contributed by atoms with Crippen LogP contribution in [0.3, 0.4) is 0 Å². The van der Waals surface area contributed by atoms with Crippen molar-refractivity contribution < 1.29 is 22.8 Å². The van der Waals surface area contributed by atoms with Gasteiger partial charge in [0.05, 0.1) is 18.6 Å². The molecule has 0 saturated carbocycles. The van der Waals surface area contributed by atoms with Gasteiger partial charge in [-0.1, -0.05) is 10.5 Å². The summed E-state index contributed by atoms with van der Waals surface area (Å²) in [7, 11) is 0.114. The van der Waals surface area contributed by atoms with Gasteiger partial charge in [-0.15, -0.1) is 0 Å². The number of hydrogen-bond acceptors (Lipinski definition) is 5. The number of benzene rings is 1. The van der Waals surface area contributed by atoms with E-state index < -0.39 is 15.9 Å². The standard InChI is InChI=1S/C15H23N3O5S/c1-11(2)16-14(19)10-17(3)15(20)12-7-6-8-13(9-12)24(21,22)18(4)23-5/h6-9,11H,10H2,1-5H3,(H,16,19). The molecule has 0 spiro atoms. The fraction of sp³-hybridized carbons (Fsp3) is 0.467. The average Bonchev–Trinajstić information content (AvgIpc) is 2.52. The highest BCUT2D eigenvalue weighted by molar-refractivity contribution is 7.89. The van der Waals surface area contributed by atoms with Gasteiger partial charge in [0.25, 0.3) is 15.9 Å². The Hall–Kier alpha value is -1.97. The van der Waals surface area contributed by atoms with Crippen LogP contribution in [0.2, 0.25) is 0 Å². The molecule has 1 aromatic carbocycles. The van der Waals surface area contributed by atoms with E-state index in [4.69, 9.17) is 4.84 Å². The van der Waals surface area contributed by atoms with Crippen LogP contribution in [-0.4, -0.2) is 63.4 Å². The zero-order chi connectivity index (χ0) is 18.5. The fourth-order valence-electron chi connectivity index (χ4n) is 1.91. The van der Waals surface area contributed by atoms with E-state index in [1.807, 2.05) is 13.8 Å². The van der Waals surface area contributed by atoms with Gasteiger partial charge in [0.1, 0.15) is 0 Å². The molecule has 1 N–H and O–H groups in total. The summed E-state index contributed by atoms with van der Waals surface area (Å²) in [4.78, 5) is 30.0. The summed E-state index contributed by atoms with van der Waals surface area (Å²) in [6.45, 7) is 3.52. The molecule has 0 heterocycles. The van der Waals surface area contributed by atoms with E-state index in [2.05, 4.69) is 5.32 Å². The SMILES string of the molecule is CON(C)S(=O)(=O)c1cccc(C(=O)N(C)CC(=O)NC(C)C)c1. The molecule has 0 aliphatic heterocycles. The summed E-state index contributed by atoms with van der Waals surface area (Å²) in [5.41, 5.74) is 0.167. The molecule has 0 bridgehead atoms. The Balaban J connectivity index is 2.97. The monoisotopic (exact) mass is 357 g/mol. The maximum Gasteiger partial charge on any atom is 0.264 e. The van der Waals surface area contributed by atoms with Crippen LogP contribution in [0.5, 0.6) is 0 Å². The van der Waals surface area contributed by atoms with E-state index in [-0.39, 0.29) is 29.0 Å². The summed E-state index contributed by atoms with van der Waals surface area (Å²) in [6.07, 6.45) is 0. The van der Waals surface area contributed by atoms with Gasteiger partial charge in [-0.25, -0.2) is 8.42 Å². The van der Waals surface area contributed by atoms with Crippen LogP contribution >= 0.6 is 0 Å². The number of carbonyl (C=O) groups is 2. The van der Waals surface area contributed by atoms with E-state index in [1.54, 1.807) is 0 Å². The Morgan fingerprint density at radius 3 is 2.42 bits per heavy atom. The van der Waals surface area contributed by atoms with Crippen molar-refractivity contribution in [2.75, 3.05) is 27.7 Å². The van der Waals surface area contributed by atoms with Crippen LogP contribution < -0.4 is 5.32 Å². The molecular weight excluding hydrogens is 334 g/mol. The van der Waals surface area contributed by atoms with Gasteiger partial charge >= 0.3 is 0 Å². The van der Waals surface area contributed by atoms with E-state index in [1.165, 1.54) is 50.4 Å². The third-order valence-corrected chi connectivity index (χ3v) is 4.83. The number of sulfonamides is 1. The Morgan fingerprint density at radius 1 is 1.25 bits per heavy atom. The van der Waals surface area contributed by atoms with Crippen molar-refractivity contribution in [3.8, 4) is 0 Å². The molecule has 0 saturated heterocycles. The Bertz CT molecular complexity index is 703. The minimum Gasteiger partial charge on any atom is -0.352 e. The normalized spacial score (nSPS) is 11.6. The lowest BCUT2D eigenvalue weighted by Gasteiger charge is -2.19. The second-order valence-electron chi connectivity index (χ2n) is 5.51. The summed E-state index contributed by atoms with van der Waals surface area (Å²) in [5, 5.41) is 2.69. The molecule has 8 nitrogen and oxygen atoms in total. The first-order valence-electron chi connectivity index (χ1n) is 7.27. The summed E-state index contributed by atoms with van der Waals surface area (Å²) < 4.78 is 25.1. The van der Waals surface area contributed by atoms with Gasteiger partial charge in [0.15, 0.2) is 0 Å². The molecule has 1 rings (SSSR count). The molecule has 134 valence electrons. The molecule has 0 atom stereocenters. The highest BCUT2D eigenvalue weighted by Gasteiger charge is 2.23. The quantitative estimate of drug-likeness (QED) is 0.716. The molecule has 0 aliphatic rings. The molecule has 0 aromatic heterocycles. The van der Waals surface area contributed by atoms with Crippen molar-refractivity contribution in [1.29, 1.82) is 0 Å². The van der Waals surface area contributed by atoms with E-state index >= 15 is 0 Å². The number of nitrogens with one attached hydrogen (secondary N) is 1. The first kappa shape index (κ1) is 20.1. The zero-order valence-electron chi connectivity index (χ0n) is 14.4. The minimum atomic E-state index is -3.85. The lowest BCUT2D eigenvalue weighted by molar-refractivity contribution is -0.122. The molecule has 0 unspecified atom stereocenters. The minimum absolute atomic E-state index is 0.0287. The number of hydrogen-bond donors (Lipinski definition) is 1. The van der Waals surface area contributed by atoms with E-state index in [0.717, 1.165) is 0 Å². The van der Waals surface area contributed by atoms with Crippen LogP contribution in [-0.2, 0) is 19.7 Å². The molecule has 9 heteroatoms. The predicted octanol–water partition coefficient (Wildman–Crippen LogP) is 0.465. The second-order valence-corrected chi connectivity index (χ2v) is 7.44. The predicted molar refractivity (Wildman–Crippen MR) is 88.6 cm³/mol. The van der Waals surface area contributed by atoms with E-state index in [0.29, 0.717) is 4.47 Å². The van der Waals surface area contributed by atoms with Gasteiger partial charge in [0.2, 0.25) is 5.91 Å². The highest BCUT2D eigenvalue weighted by Crippen LogP contribution is 2.16. The van der Waals surface area contributed by atoms with Gasteiger partial charge in [-0.05, 0) is 32.0 Å². The van der Waals surface area contributed by atoms with Crippen molar-refractivity contribution in [1.82, 2.24) is 14.7 Å². The number of amides is 2. The fourth-order valence-corrected chi connectivity index (χ4v) is 2.93. The van der Waals surface area contributed by atoms with Crippen LogP contribution in [0.15, 0.2) is 29.2 Å². The molecule has 24 heavy (non-hydrogen) atoms. The van der Waals surface area contributed by atoms with E-state index in [9.17, 15) is 18.0 Å². The van der Waals surface area contributed by atoms with Crippen molar-refractivity contribution in [3.63, 3.8) is 0 Å². The van der Waals surface area contributed by atoms with Gasteiger partial charge in [0, 0.05) is 25.7 Å². The van der Waals surface area contributed by atoms with Crippen LogP contribution in [0.4, 0.5) is 0 Å². The number of carbonyl (C=O) groups excluding carboxylic acids is 2. The summed E-state index contributed by atoms with van der Waals surface area (Å²) >= 11 is 0. The maximum absolute atomic E-state index is 12.4. The van der Waals surface area contributed by atoms with Crippen LogP contribution in [0.1, 0.15) is 24.2 Å². The molecule has 2 amide bonds. The lowest BCUT2D eigenvalue weighted by Crippen LogP contribution is -2.40. The van der Waals surface area contributed by atoms with Crippen molar-refractivity contribution in [3.05, 3.63) is 29.8 Å². The number of rotatable bonds is 7. The molecule has 0 radical (unpaired) electrons. The largest absolute Gasteiger partial charge is 0.352 e. The summed E-state index contributed by atoms with van der Waals surface area (Å²) in [5.74, 6) is -0.741. The van der Waals surface area contributed by atoms with Crippen molar-refractivity contribution in [2.24, 2.45) is 0 Å². The van der Waals surface area contributed by atoms with Crippen molar-refractivity contribution >= 4 is 21.8 Å². The molecule has 0 fully saturated rings. The molecule has 0 aliphatic carbocycles. The number of nitrogens with zero attached hydrogens (tertiary/aromatic N) is 2. The first-order chi connectivity index (χ1) is 11.1. The zero-order valence-corrected chi connectivity index (χ0v) is 15.3. The Labute approximate surface area is 142 Å². The second kappa shape index (κ2) is 8.22. The lowest BCUT2D eigenvalue weighted by atomic mass is 10.2. The number of likely N-dealkylation sites (N-methyl/N-ethyl adjacent to an activating group) is 1. The highest BCUT2D eigenvalue weighted by atomic mass is 32.2. The van der Waals surface area contributed by atoms with Gasteiger partial charge in [-0.3, -0.25) is 14.4 Å². The van der Waals surface area contributed by atoms with Crippen molar-refractivity contribution in [2.45, 2.75) is 24.8 Å². The summed E-state index contributed by atoms with van der Waals surface area (Å²) in [6, 6.07) is 5.55. The van der Waals surface area contributed by atoms with Gasteiger partial charge < -0.3 is 10.2 Å².